The van der Waals surface area contributed by atoms with Gasteiger partial charge in [0.1, 0.15) is 61.3 Å². The first-order chi connectivity index (χ1) is 62.0. The molecule has 3 N–H and O–H groups in total. The Morgan fingerprint density at radius 1 is 0.405 bits per heavy atom. The van der Waals surface area contributed by atoms with Crippen molar-refractivity contribution in [3.8, 4) is 28.7 Å². The van der Waals surface area contributed by atoms with Crippen molar-refractivity contribution in [2.75, 3.05) is 201 Å². The SMILES string of the molecule is COCCCN1CCOc2ccc(CO[C@H]3CNCC[C@@H]3c3ccc(C(=O)N(C)CCOc4ccccc4)cc3)cc21.COCCCN1CCOc2ccc(CO[C@H]3CNCC[C@@H]3c3ccc(C(=O)N4CC(Oc5ccccc5)C4)cc3)cc21.COCCCN1CCOc2ccc(CO[C@H]3CNCC[C@@H]3c3ccc(C(=O)N4CCC(c5ccccc5)C4)cc3)cc21. The maximum Gasteiger partial charge on any atom is 0.254 e. The predicted molar refractivity (Wildman–Crippen MR) is 493 cm³/mol. The number of hydrogen-bond donors (Lipinski definition) is 3. The molecule has 3 amide bonds. The summed E-state index contributed by atoms with van der Waals surface area (Å²) in [6.45, 7) is 20.6. The van der Waals surface area contributed by atoms with Crippen LogP contribution in [-0.4, -0.2) is 243 Å². The van der Waals surface area contributed by atoms with E-state index >= 15 is 0 Å². The molecule has 0 bridgehead atoms. The van der Waals surface area contributed by atoms with Gasteiger partial charge in [0.15, 0.2) is 0 Å². The molecule has 8 aliphatic rings. The van der Waals surface area contributed by atoms with Crippen LogP contribution in [0.15, 0.2) is 218 Å². The molecule has 23 nitrogen and oxygen atoms in total. The Balaban J connectivity index is 0.000000146. The average molecular weight is 1720 g/mol. The van der Waals surface area contributed by atoms with Crippen molar-refractivity contribution in [2.45, 2.75) is 113 Å². The van der Waals surface area contributed by atoms with Crippen LogP contribution in [0.3, 0.4) is 0 Å². The number of para-hydroxylation sites is 2. The minimum absolute atomic E-state index is 0.0102. The third kappa shape index (κ3) is 24.4. The smallest absolute Gasteiger partial charge is 0.254 e. The molecule has 9 aromatic rings. The highest BCUT2D eigenvalue weighted by Crippen LogP contribution is 2.40. The van der Waals surface area contributed by atoms with Crippen LogP contribution in [0.25, 0.3) is 0 Å². The molecule has 5 saturated heterocycles. The quantitative estimate of drug-likeness (QED) is 0.0320. The van der Waals surface area contributed by atoms with E-state index in [-0.39, 0.29) is 59.9 Å². The molecule has 8 heterocycles. The number of likely N-dealkylation sites (tertiary alicyclic amines) is 2. The molecule has 126 heavy (non-hydrogen) atoms. The third-order valence-corrected chi connectivity index (χ3v) is 25.4. The zero-order chi connectivity index (χ0) is 86.6. The molecule has 0 radical (unpaired) electrons. The maximum absolute atomic E-state index is 13.3. The summed E-state index contributed by atoms with van der Waals surface area (Å²) in [6, 6.07) is 73.6. The van der Waals surface area contributed by atoms with E-state index in [0.29, 0.717) is 77.4 Å². The van der Waals surface area contributed by atoms with E-state index in [2.05, 4.69) is 146 Å². The number of benzene rings is 9. The second kappa shape index (κ2) is 46.2. The summed E-state index contributed by atoms with van der Waals surface area (Å²) < 4.78 is 64.8. The summed E-state index contributed by atoms with van der Waals surface area (Å²) in [6.07, 6.45) is 7.17. The summed E-state index contributed by atoms with van der Waals surface area (Å²) in [5, 5.41) is 10.5. The number of anilines is 3. The lowest BCUT2D eigenvalue weighted by molar-refractivity contribution is 0.0105. The van der Waals surface area contributed by atoms with Crippen LogP contribution < -0.4 is 54.3 Å². The number of piperidine rings is 3. The first kappa shape index (κ1) is 90.2. The first-order valence-corrected chi connectivity index (χ1v) is 45.5. The van der Waals surface area contributed by atoms with Crippen LogP contribution >= 0.6 is 0 Å². The number of methoxy groups -OCH3 is 3. The Morgan fingerprint density at radius 2 is 0.794 bits per heavy atom. The number of carbonyl (C=O) groups is 3. The number of rotatable bonds is 34. The monoisotopic (exact) mass is 1710 g/mol. The van der Waals surface area contributed by atoms with E-state index in [9.17, 15) is 14.4 Å². The highest BCUT2D eigenvalue weighted by Gasteiger charge is 2.36. The molecular weight excluding hydrogens is 1590 g/mol. The van der Waals surface area contributed by atoms with Crippen molar-refractivity contribution in [1.82, 2.24) is 30.7 Å². The van der Waals surface area contributed by atoms with Crippen LogP contribution in [0, 0.1) is 0 Å². The van der Waals surface area contributed by atoms with Crippen LogP contribution in [0.2, 0.25) is 0 Å². The normalized spacial score (nSPS) is 20.2. The lowest BCUT2D eigenvalue weighted by atomic mass is 9.87. The fraction of sp³-hybridized carbons (Fsp3) is 0.447. The maximum atomic E-state index is 13.3. The van der Waals surface area contributed by atoms with E-state index < -0.39 is 0 Å². The second-order valence-electron chi connectivity index (χ2n) is 34.0. The largest absolute Gasteiger partial charge is 0.492 e. The van der Waals surface area contributed by atoms with Gasteiger partial charge >= 0.3 is 0 Å². The van der Waals surface area contributed by atoms with Crippen molar-refractivity contribution in [3.63, 3.8) is 0 Å². The van der Waals surface area contributed by atoms with Gasteiger partial charge in [-0.1, -0.05) is 121 Å². The van der Waals surface area contributed by atoms with Gasteiger partial charge in [0.05, 0.1) is 94.5 Å². The highest BCUT2D eigenvalue weighted by atomic mass is 16.5. The molecule has 0 spiro atoms. The van der Waals surface area contributed by atoms with Gasteiger partial charge in [-0.2, -0.15) is 0 Å². The number of likely N-dealkylation sites (N-methyl/N-ethyl adjacent to an activating group) is 1. The van der Waals surface area contributed by atoms with Gasteiger partial charge in [-0.15, -0.1) is 0 Å². The van der Waals surface area contributed by atoms with Crippen molar-refractivity contribution in [2.24, 2.45) is 0 Å². The van der Waals surface area contributed by atoms with Gasteiger partial charge in [-0.05, 0) is 201 Å². The van der Waals surface area contributed by atoms with Crippen LogP contribution in [-0.2, 0) is 48.2 Å². The summed E-state index contributed by atoms with van der Waals surface area (Å²) >= 11 is 0. The van der Waals surface area contributed by atoms with E-state index in [1.54, 1.807) is 26.2 Å². The van der Waals surface area contributed by atoms with Crippen molar-refractivity contribution in [3.05, 3.63) is 274 Å². The number of nitrogens with zero attached hydrogens (tertiary/aromatic N) is 6. The van der Waals surface area contributed by atoms with E-state index in [1.165, 1.54) is 22.3 Å². The van der Waals surface area contributed by atoms with Crippen LogP contribution in [0.4, 0.5) is 17.1 Å². The molecule has 5 fully saturated rings. The van der Waals surface area contributed by atoms with Crippen molar-refractivity contribution < 1.29 is 66.5 Å². The molecular formula is C103H127N9O14. The van der Waals surface area contributed by atoms with Crippen molar-refractivity contribution in [1.29, 1.82) is 0 Å². The van der Waals surface area contributed by atoms with Gasteiger partial charge in [-0.3, -0.25) is 14.4 Å². The molecule has 0 saturated carbocycles. The number of amides is 3. The Morgan fingerprint density at radius 3 is 1.21 bits per heavy atom. The van der Waals surface area contributed by atoms with Gasteiger partial charge in [0, 0.05) is 141 Å². The van der Waals surface area contributed by atoms with Gasteiger partial charge in [-0.25, -0.2) is 0 Å². The number of ether oxygens (including phenoxy) is 11. The number of nitrogens with one attached hydrogen (secondary N) is 3. The first-order valence-electron chi connectivity index (χ1n) is 45.5. The van der Waals surface area contributed by atoms with E-state index in [1.807, 2.05) is 120 Å². The molecule has 668 valence electrons. The summed E-state index contributed by atoms with van der Waals surface area (Å²) in [4.78, 5) is 52.1. The summed E-state index contributed by atoms with van der Waals surface area (Å²) in [5.41, 5.74) is 14.0. The van der Waals surface area contributed by atoms with Gasteiger partial charge < -0.3 is 97.5 Å². The van der Waals surface area contributed by atoms with Crippen LogP contribution in [0.5, 0.6) is 28.7 Å². The number of hydrogen-bond acceptors (Lipinski definition) is 20. The van der Waals surface area contributed by atoms with Gasteiger partial charge in [0.25, 0.3) is 17.7 Å². The fourth-order valence-corrected chi connectivity index (χ4v) is 18.3. The minimum Gasteiger partial charge on any atom is -0.492 e. The number of carbonyl (C=O) groups excluding carboxylic acids is 3. The highest BCUT2D eigenvalue weighted by molar-refractivity contribution is 5.96. The summed E-state index contributed by atoms with van der Waals surface area (Å²) in [5.74, 6) is 5.89. The molecule has 7 atom stereocenters. The molecule has 1 unspecified atom stereocenters. The molecule has 0 aliphatic carbocycles. The number of fused-ring (bicyclic) bond motifs is 3. The fourth-order valence-electron chi connectivity index (χ4n) is 18.3. The second-order valence-corrected chi connectivity index (χ2v) is 34.0. The Labute approximate surface area is 744 Å². The average Bonchev–Trinajstić information content (AvgIpc) is 1.80. The molecule has 8 aliphatic heterocycles. The molecule has 0 aromatic heterocycles. The molecule has 23 heteroatoms. The zero-order valence-corrected chi connectivity index (χ0v) is 73.8. The predicted octanol–water partition coefficient (Wildman–Crippen LogP) is 14.4. The zero-order valence-electron chi connectivity index (χ0n) is 73.8. The molecule has 9 aromatic carbocycles. The third-order valence-electron chi connectivity index (χ3n) is 25.4. The Hall–Kier alpha value is -10.6. The molecule has 17 rings (SSSR count). The lowest BCUT2D eigenvalue weighted by Crippen LogP contribution is -2.56. The Kier molecular flexibility index (Phi) is 33.1. The van der Waals surface area contributed by atoms with Gasteiger partial charge in [0.2, 0.25) is 0 Å². The standard InChI is InChI=1S/C35H43N3O4.C34H41N3O5.C34H43N3O5/c1-40-20-5-17-37-19-21-41-33-13-8-26(22-32(33)37)25-42-34-23-36-16-14-31(34)28-9-11-29(12-10-28)35(39)38-18-15-30(24-38)27-6-3-2-4-7-27;1-39-18-5-16-36-17-19-40-32-13-8-25(20-31(32)36)24-41-33-21-35-15-14-30(33)26-9-11-27(12-10-26)34(38)37-22-29(23-37)42-28-6-3-2-4-7-28;1-36(18-21-40-29-7-4-3-5-8-29)34(38)28-12-10-27(11-13-28)30-15-16-35-24-33(30)42-25-26-9-14-32-31(23-26)37(19-22-41-32)17-6-20-39-2/h2-4,6-13,22,30-31,34,36H,5,14-21,23-25H2,1H3;2-4,6-13,20,29-30,33,35H,5,14-19,21-24H2,1H3;3-5,7-14,23,30,33,35H,6,15-22,24-25H2,1-2H3/t30?,31-,34+;2*30-,33+/m111/s1. The minimum atomic E-state index is -0.0102. The lowest BCUT2D eigenvalue weighted by Gasteiger charge is -2.39. The van der Waals surface area contributed by atoms with E-state index in [0.717, 1.165) is 230 Å². The topological polar surface area (TPSA) is 208 Å². The van der Waals surface area contributed by atoms with E-state index in [4.69, 9.17) is 52.1 Å². The van der Waals surface area contributed by atoms with Crippen LogP contribution in [0.1, 0.15) is 139 Å². The Bertz CT molecular complexity index is 4710. The summed E-state index contributed by atoms with van der Waals surface area (Å²) in [7, 11) is 7.05. The van der Waals surface area contributed by atoms with Crippen molar-refractivity contribution >= 4 is 34.8 Å².